The standard InChI is InChI=1S/C13H15N3S/c1-2-6-12-11(5-1)13(16-9-15-12)14-8-10-4-3-7-17-10/h3-4,7,9H,1-2,5-6,8H2,(H,14,15,16). The second kappa shape index (κ2) is 4.84. The van der Waals surface area contributed by atoms with E-state index in [-0.39, 0.29) is 0 Å². The first kappa shape index (κ1) is 10.7. The summed E-state index contributed by atoms with van der Waals surface area (Å²) in [5.74, 6) is 1.03. The smallest absolute Gasteiger partial charge is 0.133 e. The number of aryl methyl sites for hydroxylation is 1. The number of hydrogen-bond donors (Lipinski definition) is 1. The van der Waals surface area contributed by atoms with Crippen LogP contribution in [0.4, 0.5) is 5.82 Å². The van der Waals surface area contributed by atoms with Crippen molar-refractivity contribution in [2.75, 3.05) is 5.32 Å². The molecule has 0 aromatic carbocycles. The van der Waals surface area contributed by atoms with E-state index >= 15 is 0 Å². The number of anilines is 1. The molecular weight excluding hydrogens is 230 g/mol. The fourth-order valence-corrected chi connectivity index (χ4v) is 2.90. The zero-order chi connectivity index (χ0) is 11.5. The Balaban J connectivity index is 1.78. The largest absolute Gasteiger partial charge is 0.365 e. The van der Waals surface area contributed by atoms with Gasteiger partial charge in [0.2, 0.25) is 0 Å². The minimum absolute atomic E-state index is 0.862. The molecule has 2 aromatic heterocycles. The third-order valence-electron chi connectivity index (χ3n) is 3.14. The van der Waals surface area contributed by atoms with E-state index in [1.807, 2.05) is 0 Å². The summed E-state index contributed by atoms with van der Waals surface area (Å²) in [6.07, 6.45) is 6.41. The number of aromatic nitrogens is 2. The summed E-state index contributed by atoms with van der Waals surface area (Å²) in [4.78, 5) is 10.1. The normalized spacial score (nSPS) is 14.4. The van der Waals surface area contributed by atoms with Crippen LogP contribution in [0.2, 0.25) is 0 Å². The van der Waals surface area contributed by atoms with Crippen LogP contribution in [0, 0.1) is 0 Å². The first-order valence-electron chi connectivity index (χ1n) is 6.02. The summed E-state index contributed by atoms with van der Waals surface area (Å²) in [6.45, 7) is 0.862. The van der Waals surface area contributed by atoms with Crippen LogP contribution >= 0.6 is 11.3 Å². The zero-order valence-electron chi connectivity index (χ0n) is 9.65. The van der Waals surface area contributed by atoms with Crippen molar-refractivity contribution in [3.8, 4) is 0 Å². The van der Waals surface area contributed by atoms with E-state index in [1.165, 1.54) is 29.0 Å². The van der Waals surface area contributed by atoms with Crippen LogP contribution in [0.5, 0.6) is 0 Å². The average Bonchev–Trinajstić information content (AvgIpc) is 2.89. The molecule has 0 spiro atoms. The van der Waals surface area contributed by atoms with E-state index < -0.39 is 0 Å². The van der Waals surface area contributed by atoms with Gasteiger partial charge in [0.05, 0.1) is 6.54 Å². The fourth-order valence-electron chi connectivity index (χ4n) is 2.26. The molecule has 0 atom stereocenters. The van der Waals surface area contributed by atoms with Gasteiger partial charge in [0, 0.05) is 16.1 Å². The molecule has 0 saturated heterocycles. The Morgan fingerprint density at radius 3 is 3.06 bits per heavy atom. The number of nitrogens with zero attached hydrogens (tertiary/aromatic N) is 2. The predicted molar refractivity (Wildman–Crippen MR) is 70.3 cm³/mol. The van der Waals surface area contributed by atoms with Gasteiger partial charge in [0.15, 0.2) is 0 Å². The van der Waals surface area contributed by atoms with Gasteiger partial charge < -0.3 is 5.32 Å². The highest BCUT2D eigenvalue weighted by Gasteiger charge is 2.14. The third kappa shape index (κ3) is 2.31. The van der Waals surface area contributed by atoms with E-state index in [0.29, 0.717) is 0 Å². The number of hydrogen-bond acceptors (Lipinski definition) is 4. The molecule has 4 heteroatoms. The van der Waals surface area contributed by atoms with Crippen molar-refractivity contribution in [2.45, 2.75) is 32.2 Å². The lowest BCUT2D eigenvalue weighted by atomic mass is 9.96. The summed E-state index contributed by atoms with van der Waals surface area (Å²) in [7, 11) is 0. The molecule has 0 fully saturated rings. The van der Waals surface area contributed by atoms with Crippen molar-refractivity contribution in [1.29, 1.82) is 0 Å². The highest BCUT2D eigenvalue weighted by molar-refractivity contribution is 7.09. The molecule has 88 valence electrons. The van der Waals surface area contributed by atoms with Gasteiger partial charge in [-0.1, -0.05) is 6.07 Å². The molecule has 2 aromatic rings. The lowest BCUT2D eigenvalue weighted by molar-refractivity contribution is 0.663. The first-order chi connectivity index (χ1) is 8.43. The molecule has 17 heavy (non-hydrogen) atoms. The Morgan fingerprint density at radius 1 is 1.24 bits per heavy atom. The summed E-state index contributed by atoms with van der Waals surface area (Å²) in [6, 6.07) is 4.22. The van der Waals surface area contributed by atoms with Gasteiger partial charge >= 0.3 is 0 Å². The summed E-state index contributed by atoms with van der Waals surface area (Å²) in [5.41, 5.74) is 2.57. The highest BCUT2D eigenvalue weighted by Crippen LogP contribution is 2.24. The maximum Gasteiger partial charge on any atom is 0.133 e. The van der Waals surface area contributed by atoms with Gasteiger partial charge in [0.1, 0.15) is 12.1 Å². The molecule has 3 rings (SSSR count). The van der Waals surface area contributed by atoms with Crippen LogP contribution in [-0.4, -0.2) is 9.97 Å². The van der Waals surface area contributed by atoms with Crippen molar-refractivity contribution in [3.05, 3.63) is 40.0 Å². The van der Waals surface area contributed by atoms with Gasteiger partial charge in [-0.25, -0.2) is 9.97 Å². The molecule has 0 bridgehead atoms. The molecule has 0 aliphatic heterocycles. The molecule has 3 nitrogen and oxygen atoms in total. The summed E-state index contributed by atoms with van der Waals surface area (Å²) >= 11 is 1.77. The molecule has 0 saturated carbocycles. The fraction of sp³-hybridized carbons (Fsp3) is 0.385. The average molecular weight is 245 g/mol. The third-order valence-corrected chi connectivity index (χ3v) is 4.01. The van der Waals surface area contributed by atoms with Crippen molar-refractivity contribution in [2.24, 2.45) is 0 Å². The van der Waals surface area contributed by atoms with Crippen molar-refractivity contribution in [3.63, 3.8) is 0 Å². The lowest BCUT2D eigenvalue weighted by Gasteiger charge is -2.17. The summed E-state index contributed by atoms with van der Waals surface area (Å²) in [5, 5.41) is 5.54. The molecule has 0 radical (unpaired) electrons. The highest BCUT2D eigenvalue weighted by atomic mass is 32.1. The van der Waals surface area contributed by atoms with E-state index in [1.54, 1.807) is 17.7 Å². The number of nitrogens with one attached hydrogen (secondary N) is 1. The Labute approximate surface area is 105 Å². The number of thiophene rings is 1. The van der Waals surface area contributed by atoms with E-state index in [0.717, 1.165) is 25.2 Å². The van der Waals surface area contributed by atoms with Gasteiger partial charge in [-0.3, -0.25) is 0 Å². The van der Waals surface area contributed by atoms with Crippen LogP contribution in [-0.2, 0) is 19.4 Å². The van der Waals surface area contributed by atoms with Gasteiger partial charge in [0.25, 0.3) is 0 Å². The molecule has 1 aliphatic rings. The minimum atomic E-state index is 0.862. The van der Waals surface area contributed by atoms with Crippen LogP contribution in [0.1, 0.15) is 29.0 Å². The van der Waals surface area contributed by atoms with Gasteiger partial charge in [-0.15, -0.1) is 11.3 Å². The summed E-state index contributed by atoms with van der Waals surface area (Å²) < 4.78 is 0. The predicted octanol–water partition coefficient (Wildman–Crippen LogP) is 3.03. The topological polar surface area (TPSA) is 37.8 Å². The lowest BCUT2D eigenvalue weighted by Crippen LogP contribution is -2.11. The minimum Gasteiger partial charge on any atom is -0.365 e. The van der Waals surface area contributed by atoms with Crippen LogP contribution < -0.4 is 5.32 Å². The monoisotopic (exact) mass is 245 g/mol. The first-order valence-corrected chi connectivity index (χ1v) is 6.90. The van der Waals surface area contributed by atoms with E-state index in [4.69, 9.17) is 0 Å². The van der Waals surface area contributed by atoms with Crippen molar-refractivity contribution < 1.29 is 0 Å². The molecule has 0 unspecified atom stereocenters. The van der Waals surface area contributed by atoms with E-state index in [2.05, 4.69) is 32.8 Å². The van der Waals surface area contributed by atoms with Gasteiger partial charge in [-0.05, 0) is 37.1 Å². The molecular formula is C13H15N3S. The quantitative estimate of drug-likeness (QED) is 0.903. The zero-order valence-corrected chi connectivity index (χ0v) is 10.5. The Bertz CT molecular complexity index is 493. The Kier molecular flexibility index (Phi) is 3.05. The number of fused-ring (bicyclic) bond motifs is 1. The van der Waals surface area contributed by atoms with Crippen LogP contribution in [0.3, 0.4) is 0 Å². The molecule has 2 heterocycles. The maximum atomic E-state index is 4.38. The number of rotatable bonds is 3. The molecule has 1 N–H and O–H groups in total. The van der Waals surface area contributed by atoms with Crippen molar-refractivity contribution in [1.82, 2.24) is 9.97 Å². The molecule has 1 aliphatic carbocycles. The van der Waals surface area contributed by atoms with E-state index in [9.17, 15) is 0 Å². The second-order valence-electron chi connectivity index (χ2n) is 4.29. The molecule has 0 amide bonds. The van der Waals surface area contributed by atoms with Crippen LogP contribution in [0.15, 0.2) is 23.8 Å². The second-order valence-corrected chi connectivity index (χ2v) is 5.32. The van der Waals surface area contributed by atoms with Crippen LogP contribution in [0.25, 0.3) is 0 Å². The SMILES string of the molecule is c1csc(CNc2ncnc3c2CCCC3)c1. The maximum absolute atomic E-state index is 4.38. The van der Waals surface area contributed by atoms with Gasteiger partial charge in [-0.2, -0.15) is 0 Å². The Morgan fingerprint density at radius 2 is 2.18 bits per heavy atom. The van der Waals surface area contributed by atoms with Crippen molar-refractivity contribution >= 4 is 17.2 Å². The Hall–Kier alpha value is -1.42.